The highest BCUT2D eigenvalue weighted by molar-refractivity contribution is 5.71. The van der Waals surface area contributed by atoms with E-state index >= 15 is 0 Å². The summed E-state index contributed by atoms with van der Waals surface area (Å²) in [7, 11) is 0. The molecule has 0 aromatic heterocycles. The Labute approximate surface area is 71.9 Å². The van der Waals surface area contributed by atoms with E-state index in [1.54, 1.807) is 0 Å². The fourth-order valence-electron chi connectivity index (χ4n) is 1.08. The zero-order chi connectivity index (χ0) is 9.35. The van der Waals surface area contributed by atoms with Crippen LogP contribution in [0.3, 0.4) is 0 Å². The number of hydrogen-bond donors (Lipinski definition) is 2. The Bertz CT molecular complexity index is 191. The summed E-state index contributed by atoms with van der Waals surface area (Å²) in [5, 5.41) is 11.5. The average molecular weight is 173 g/mol. The van der Waals surface area contributed by atoms with Crippen molar-refractivity contribution in [2.45, 2.75) is 33.1 Å². The number of carboxylic acids is 1. The molecule has 0 radical (unpaired) electrons. The minimum atomic E-state index is -0.947. The maximum Gasteiger partial charge on any atom is 0.348 e. The average Bonchev–Trinajstić information content (AvgIpc) is 1.94. The van der Waals surface area contributed by atoms with Crippen LogP contribution in [0.25, 0.3) is 0 Å². The van der Waals surface area contributed by atoms with Crippen LogP contribution in [0.4, 0.5) is 0 Å². The van der Waals surface area contributed by atoms with Crippen LogP contribution in [0.1, 0.15) is 20.8 Å². The van der Waals surface area contributed by atoms with Gasteiger partial charge in [0.2, 0.25) is 6.23 Å². The standard InChI is InChI=1S/C8H15NO3/c1-5-8(2,3)4-9-6(12-5)7(10)11/h5-6,9H,4H2,1-3H3,(H,10,11). The zero-order valence-corrected chi connectivity index (χ0v) is 7.63. The number of aliphatic carboxylic acids is 1. The zero-order valence-electron chi connectivity index (χ0n) is 7.63. The first kappa shape index (κ1) is 9.48. The lowest BCUT2D eigenvalue weighted by molar-refractivity contribution is -0.171. The molecule has 0 aliphatic carbocycles. The van der Waals surface area contributed by atoms with Crippen LogP contribution in [-0.2, 0) is 9.53 Å². The van der Waals surface area contributed by atoms with E-state index in [0.717, 1.165) is 0 Å². The van der Waals surface area contributed by atoms with Crippen molar-refractivity contribution >= 4 is 5.97 Å². The molecule has 4 heteroatoms. The molecule has 1 aliphatic heterocycles. The Balaban J connectivity index is 2.58. The SMILES string of the molecule is CC1OC(C(=O)O)NCC1(C)C. The first-order valence-corrected chi connectivity index (χ1v) is 4.05. The summed E-state index contributed by atoms with van der Waals surface area (Å²) in [5.41, 5.74) is 0.00590. The van der Waals surface area contributed by atoms with Gasteiger partial charge in [-0.25, -0.2) is 4.79 Å². The summed E-state index contributed by atoms with van der Waals surface area (Å²) in [6.07, 6.45) is -0.868. The van der Waals surface area contributed by atoms with Crippen LogP contribution >= 0.6 is 0 Å². The highest BCUT2D eigenvalue weighted by Crippen LogP contribution is 2.26. The topological polar surface area (TPSA) is 58.6 Å². The van der Waals surface area contributed by atoms with E-state index in [4.69, 9.17) is 9.84 Å². The van der Waals surface area contributed by atoms with Crippen LogP contribution < -0.4 is 5.32 Å². The Morgan fingerprint density at radius 3 is 2.67 bits per heavy atom. The normalized spacial score (nSPS) is 34.6. The molecule has 1 fully saturated rings. The maximum absolute atomic E-state index is 10.5. The summed E-state index contributed by atoms with van der Waals surface area (Å²) >= 11 is 0. The third-order valence-electron chi connectivity index (χ3n) is 2.41. The molecule has 1 aliphatic rings. The van der Waals surface area contributed by atoms with Gasteiger partial charge in [0.15, 0.2) is 0 Å². The molecule has 2 unspecified atom stereocenters. The molecule has 0 aromatic carbocycles. The summed E-state index contributed by atoms with van der Waals surface area (Å²) in [5.74, 6) is -0.947. The molecular formula is C8H15NO3. The van der Waals surface area contributed by atoms with E-state index in [0.29, 0.717) is 6.54 Å². The summed E-state index contributed by atoms with van der Waals surface area (Å²) < 4.78 is 5.25. The largest absolute Gasteiger partial charge is 0.478 e. The van der Waals surface area contributed by atoms with Crippen LogP contribution in [0.15, 0.2) is 0 Å². The lowest BCUT2D eigenvalue weighted by atomic mass is 9.86. The third kappa shape index (κ3) is 1.76. The van der Waals surface area contributed by atoms with E-state index < -0.39 is 12.2 Å². The molecule has 0 spiro atoms. The predicted molar refractivity (Wildman–Crippen MR) is 43.8 cm³/mol. The van der Waals surface area contributed by atoms with E-state index in [-0.39, 0.29) is 11.5 Å². The second-order valence-electron chi connectivity index (χ2n) is 3.87. The highest BCUT2D eigenvalue weighted by atomic mass is 16.5. The molecule has 2 N–H and O–H groups in total. The van der Waals surface area contributed by atoms with Crippen molar-refractivity contribution in [2.75, 3.05) is 6.54 Å². The van der Waals surface area contributed by atoms with Gasteiger partial charge in [0.05, 0.1) is 6.10 Å². The van der Waals surface area contributed by atoms with Gasteiger partial charge in [-0.05, 0) is 6.92 Å². The Morgan fingerprint density at radius 2 is 2.25 bits per heavy atom. The molecule has 1 saturated heterocycles. The van der Waals surface area contributed by atoms with Gasteiger partial charge in [-0.2, -0.15) is 0 Å². The number of hydrogen-bond acceptors (Lipinski definition) is 3. The van der Waals surface area contributed by atoms with Gasteiger partial charge in [-0.3, -0.25) is 5.32 Å². The van der Waals surface area contributed by atoms with Crippen LogP contribution in [0, 0.1) is 5.41 Å². The van der Waals surface area contributed by atoms with Gasteiger partial charge < -0.3 is 9.84 Å². The molecule has 1 rings (SSSR count). The van der Waals surface area contributed by atoms with E-state index in [9.17, 15) is 4.79 Å². The number of carbonyl (C=O) groups is 1. The number of ether oxygens (including phenoxy) is 1. The van der Waals surface area contributed by atoms with Gasteiger partial charge in [0, 0.05) is 12.0 Å². The van der Waals surface area contributed by atoms with Crippen molar-refractivity contribution in [3.63, 3.8) is 0 Å². The Hall–Kier alpha value is -0.610. The molecule has 0 amide bonds. The molecule has 12 heavy (non-hydrogen) atoms. The fraction of sp³-hybridized carbons (Fsp3) is 0.875. The van der Waals surface area contributed by atoms with Crippen molar-refractivity contribution < 1.29 is 14.6 Å². The van der Waals surface area contributed by atoms with Crippen LogP contribution in [0.5, 0.6) is 0 Å². The second kappa shape index (κ2) is 3.03. The highest BCUT2D eigenvalue weighted by Gasteiger charge is 2.36. The molecule has 0 bridgehead atoms. The minimum absolute atomic E-state index is 0.00590. The molecule has 0 saturated carbocycles. The van der Waals surface area contributed by atoms with Crippen molar-refractivity contribution in [2.24, 2.45) is 5.41 Å². The quantitative estimate of drug-likeness (QED) is 0.603. The van der Waals surface area contributed by atoms with Crippen molar-refractivity contribution in [1.29, 1.82) is 0 Å². The third-order valence-corrected chi connectivity index (χ3v) is 2.41. The summed E-state index contributed by atoms with van der Waals surface area (Å²) in [6, 6.07) is 0. The summed E-state index contributed by atoms with van der Waals surface area (Å²) in [4.78, 5) is 10.5. The first-order chi connectivity index (χ1) is 5.43. The van der Waals surface area contributed by atoms with Gasteiger partial charge in [-0.15, -0.1) is 0 Å². The molecule has 4 nitrogen and oxygen atoms in total. The molecule has 0 aromatic rings. The predicted octanol–water partition coefficient (Wildman–Crippen LogP) is 0.432. The smallest absolute Gasteiger partial charge is 0.348 e. The number of nitrogens with one attached hydrogen (secondary N) is 1. The molecular weight excluding hydrogens is 158 g/mol. The van der Waals surface area contributed by atoms with E-state index in [2.05, 4.69) is 5.32 Å². The van der Waals surface area contributed by atoms with Gasteiger partial charge in [-0.1, -0.05) is 13.8 Å². The van der Waals surface area contributed by atoms with Crippen molar-refractivity contribution in [1.82, 2.24) is 5.32 Å². The summed E-state index contributed by atoms with van der Waals surface area (Å²) in [6.45, 7) is 6.66. The van der Waals surface area contributed by atoms with E-state index in [1.807, 2.05) is 20.8 Å². The first-order valence-electron chi connectivity index (χ1n) is 4.05. The Morgan fingerprint density at radius 1 is 1.67 bits per heavy atom. The monoisotopic (exact) mass is 173 g/mol. The lowest BCUT2D eigenvalue weighted by Crippen LogP contribution is -2.55. The number of rotatable bonds is 1. The Kier molecular flexibility index (Phi) is 2.39. The minimum Gasteiger partial charge on any atom is -0.478 e. The second-order valence-corrected chi connectivity index (χ2v) is 3.87. The van der Waals surface area contributed by atoms with Crippen LogP contribution in [-0.4, -0.2) is 30.0 Å². The van der Waals surface area contributed by atoms with Gasteiger partial charge >= 0.3 is 5.97 Å². The number of carboxylic acid groups (broad SMARTS) is 1. The molecule has 2 atom stereocenters. The maximum atomic E-state index is 10.5. The van der Waals surface area contributed by atoms with Crippen LogP contribution in [0.2, 0.25) is 0 Å². The fourth-order valence-corrected chi connectivity index (χ4v) is 1.08. The van der Waals surface area contributed by atoms with Crippen molar-refractivity contribution in [3.8, 4) is 0 Å². The van der Waals surface area contributed by atoms with Gasteiger partial charge in [0.25, 0.3) is 0 Å². The molecule has 1 heterocycles. The van der Waals surface area contributed by atoms with E-state index in [1.165, 1.54) is 0 Å². The van der Waals surface area contributed by atoms with Crippen molar-refractivity contribution in [3.05, 3.63) is 0 Å². The lowest BCUT2D eigenvalue weighted by Gasteiger charge is -2.39. The molecule has 70 valence electrons. The van der Waals surface area contributed by atoms with Gasteiger partial charge in [0.1, 0.15) is 0 Å².